The molecular weight excluding hydrogens is 316 g/mol. The van der Waals surface area contributed by atoms with Crippen LogP contribution in [0.4, 0.5) is 5.82 Å². The summed E-state index contributed by atoms with van der Waals surface area (Å²) in [5, 5.41) is 20.5. The summed E-state index contributed by atoms with van der Waals surface area (Å²) < 4.78 is 7.00. The summed E-state index contributed by atoms with van der Waals surface area (Å²) in [5.41, 5.74) is 3.61. The fourth-order valence-electron chi connectivity index (χ4n) is 3.04. The number of hydrogen-bond acceptors (Lipinski definition) is 6. The molecule has 1 aromatic carbocycles. The molecule has 1 unspecified atom stereocenters. The van der Waals surface area contributed by atoms with Gasteiger partial charge in [-0.2, -0.15) is 4.52 Å². The number of benzene rings is 1. The normalized spacial score (nSPS) is 12.4. The van der Waals surface area contributed by atoms with E-state index in [1.807, 2.05) is 56.3 Å². The molecule has 7 heteroatoms. The van der Waals surface area contributed by atoms with Crippen molar-refractivity contribution in [3.8, 4) is 11.4 Å². The fraction of sp³-hybridized carbons (Fsp3) is 0.222. The zero-order chi connectivity index (χ0) is 17.4. The minimum atomic E-state index is 0.0212. The molecule has 7 nitrogen and oxygen atoms in total. The highest BCUT2D eigenvalue weighted by Gasteiger charge is 2.17. The van der Waals surface area contributed by atoms with Crippen molar-refractivity contribution in [1.82, 2.24) is 25.0 Å². The Morgan fingerprint density at radius 2 is 1.84 bits per heavy atom. The summed E-state index contributed by atoms with van der Waals surface area (Å²) in [4.78, 5) is 0. The highest BCUT2D eigenvalue weighted by atomic mass is 16.5. The molecule has 0 saturated carbocycles. The second-order valence-corrected chi connectivity index (χ2v) is 5.98. The van der Waals surface area contributed by atoms with Crippen LogP contribution in [-0.2, 0) is 0 Å². The molecule has 4 rings (SSSR count). The summed E-state index contributed by atoms with van der Waals surface area (Å²) in [6.07, 6.45) is 0. The maximum absolute atomic E-state index is 5.25. The number of nitrogens with zero attached hydrogens (tertiary/aromatic N) is 5. The van der Waals surface area contributed by atoms with Crippen LogP contribution in [0.2, 0.25) is 0 Å². The van der Waals surface area contributed by atoms with Crippen LogP contribution < -0.4 is 5.32 Å². The van der Waals surface area contributed by atoms with E-state index in [1.165, 1.54) is 0 Å². The Labute approximate surface area is 144 Å². The Morgan fingerprint density at radius 3 is 2.56 bits per heavy atom. The number of anilines is 1. The molecule has 1 N–H and O–H groups in total. The average molecular weight is 334 g/mol. The number of aryl methyl sites for hydroxylation is 2. The number of rotatable bonds is 4. The molecule has 126 valence electrons. The molecule has 0 fully saturated rings. The van der Waals surface area contributed by atoms with Gasteiger partial charge in [0.15, 0.2) is 11.5 Å². The summed E-state index contributed by atoms with van der Waals surface area (Å²) >= 11 is 0. The lowest BCUT2D eigenvalue weighted by Gasteiger charge is -2.14. The second kappa shape index (κ2) is 6.01. The van der Waals surface area contributed by atoms with E-state index < -0.39 is 0 Å². The first kappa shape index (κ1) is 15.3. The van der Waals surface area contributed by atoms with Gasteiger partial charge in [-0.3, -0.25) is 0 Å². The fourth-order valence-corrected chi connectivity index (χ4v) is 3.04. The topological polar surface area (TPSA) is 81.1 Å². The van der Waals surface area contributed by atoms with Gasteiger partial charge in [-0.15, -0.1) is 15.3 Å². The molecule has 0 aliphatic carbocycles. The maximum atomic E-state index is 5.25. The lowest BCUT2D eigenvalue weighted by atomic mass is 10.1. The van der Waals surface area contributed by atoms with E-state index in [0.29, 0.717) is 11.5 Å². The SMILES string of the molecule is Cc1noc(C)c1C(C)Nc1ccc2nnc(-c3ccccc3)n2n1. The molecule has 0 bridgehead atoms. The molecular formula is C18H18N6O. The molecule has 4 aromatic rings. The first-order chi connectivity index (χ1) is 12.1. The molecule has 0 saturated heterocycles. The first-order valence-electron chi connectivity index (χ1n) is 8.10. The van der Waals surface area contributed by atoms with Gasteiger partial charge in [-0.25, -0.2) is 0 Å². The van der Waals surface area contributed by atoms with Gasteiger partial charge < -0.3 is 9.84 Å². The average Bonchev–Trinajstić information content (AvgIpc) is 3.18. The highest BCUT2D eigenvalue weighted by molar-refractivity contribution is 5.59. The van der Waals surface area contributed by atoms with Crippen molar-refractivity contribution in [2.75, 3.05) is 5.32 Å². The van der Waals surface area contributed by atoms with Gasteiger partial charge in [0, 0.05) is 11.1 Å². The molecule has 3 heterocycles. The molecule has 0 radical (unpaired) electrons. The summed E-state index contributed by atoms with van der Waals surface area (Å²) in [5.74, 6) is 2.26. The number of hydrogen-bond donors (Lipinski definition) is 1. The van der Waals surface area contributed by atoms with Gasteiger partial charge in [0.1, 0.15) is 11.6 Å². The van der Waals surface area contributed by atoms with Gasteiger partial charge in [-0.05, 0) is 32.9 Å². The summed E-state index contributed by atoms with van der Waals surface area (Å²) in [7, 11) is 0. The van der Waals surface area contributed by atoms with E-state index in [1.54, 1.807) is 4.52 Å². The van der Waals surface area contributed by atoms with Crippen molar-refractivity contribution in [2.45, 2.75) is 26.8 Å². The lowest BCUT2D eigenvalue weighted by Crippen LogP contribution is -2.11. The predicted molar refractivity (Wildman–Crippen MR) is 94.2 cm³/mol. The Morgan fingerprint density at radius 1 is 1.04 bits per heavy atom. The molecule has 3 aromatic heterocycles. The van der Waals surface area contributed by atoms with Crippen molar-refractivity contribution in [3.05, 3.63) is 59.5 Å². The zero-order valence-electron chi connectivity index (χ0n) is 14.3. The van der Waals surface area contributed by atoms with Crippen LogP contribution >= 0.6 is 0 Å². The Hall–Kier alpha value is -3.22. The Kier molecular flexibility index (Phi) is 3.68. The zero-order valence-corrected chi connectivity index (χ0v) is 14.3. The molecule has 0 aliphatic heterocycles. The van der Waals surface area contributed by atoms with E-state index >= 15 is 0 Å². The van der Waals surface area contributed by atoms with Crippen molar-refractivity contribution in [1.29, 1.82) is 0 Å². The third-order valence-electron chi connectivity index (χ3n) is 4.18. The van der Waals surface area contributed by atoms with Gasteiger partial charge in [-0.1, -0.05) is 35.5 Å². The molecule has 0 amide bonds. The molecule has 25 heavy (non-hydrogen) atoms. The van der Waals surface area contributed by atoms with Gasteiger partial charge in [0.25, 0.3) is 0 Å². The van der Waals surface area contributed by atoms with Crippen LogP contribution in [0.3, 0.4) is 0 Å². The van der Waals surface area contributed by atoms with Crippen molar-refractivity contribution < 1.29 is 4.52 Å². The molecule has 0 aliphatic rings. The van der Waals surface area contributed by atoms with Gasteiger partial charge >= 0.3 is 0 Å². The van der Waals surface area contributed by atoms with E-state index in [2.05, 4.69) is 32.7 Å². The monoisotopic (exact) mass is 334 g/mol. The summed E-state index contributed by atoms with van der Waals surface area (Å²) in [6.45, 7) is 5.91. The van der Waals surface area contributed by atoms with Crippen molar-refractivity contribution in [3.63, 3.8) is 0 Å². The van der Waals surface area contributed by atoms with E-state index in [-0.39, 0.29) is 6.04 Å². The minimum absolute atomic E-state index is 0.0212. The maximum Gasteiger partial charge on any atom is 0.185 e. The summed E-state index contributed by atoms with van der Waals surface area (Å²) in [6, 6.07) is 13.7. The number of nitrogens with one attached hydrogen (secondary N) is 1. The highest BCUT2D eigenvalue weighted by Crippen LogP contribution is 2.25. The Bertz CT molecular complexity index is 1000. The van der Waals surface area contributed by atoms with Crippen LogP contribution in [0, 0.1) is 13.8 Å². The van der Waals surface area contributed by atoms with Crippen LogP contribution in [0.5, 0.6) is 0 Å². The minimum Gasteiger partial charge on any atom is -0.362 e. The lowest BCUT2D eigenvalue weighted by molar-refractivity contribution is 0.392. The predicted octanol–water partition coefficient (Wildman–Crippen LogP) is 3.57. The first-order valence-corrected chi connectivity index (χ1v) is 8.10. The largest absolute Gasteiger partial charge is 0.362 e. The quantitative estimate of drug-likeness (QED) is 0.614. The van der Waals surface area contributed by atoms with Gasteiger partial charge in [0.05, 0.1) is 11.7 Å². The van der Waals surface area contributed by atoms with Crippen molar-refractivity contribution >= 4 is 11.5 Å². The smallest absolute Gasteiger partial charge is 0.185 e. The van der Waals surface area contributed by atoms with E-state index in [9.17, 15) is 0 Å². The van der Waals surface area contributed by atoms with E-state index in [0.717, 1.165) is 28.4 Å². The molecule has 1 atom stereocenters. The van der Waals surface area contributed by atoms with Crippen LogP contribution in [0.25, 0.3) is 17.0 Å². The third-order valence-corrected chi connectivity index (χ3v) is 4.18. The second-order valence-electron chi connectivity index (χ2n) is 5.98. The number of aromatic nitrogens is 5. The Balaban J connectivity index is 1.69. The van der Waals surface area contributed by atoms with Crippen LogP contribution in [0.1, 0.15) is 30.0 Å². The number of fused-ring (bicyclic) bond motifs is 1. The van der Waals surface area contributed by atoms with E-state index in [4.69, 9.17) is 4.52 Å². The van der Waals surface area contributed by atoms with Crippen LogP contribution in [-0.4, -0.2) is 25.0 Å². The third kappa shape index (κ3) is 2.73. The van der Waals surface area contributed by atoms with Crippen molar-refractivity contribution in [2.24, 2.45) is 0 Å². The van der Waals surface area contributed by atoms with Crippen LogP contribution in [0.15, 0.2) is 47.0 Å². The molecule has 0 spiro atoms. The standard InChI is InChI=1S/C18H18N6O/c1-11(17-12(2)23-25-13(17)3)19-15-9-10-16-20-21-18(24(16)22-15)14-7-5-4-6-8-14/h4-11H,1-3H3,(H,19,22). The van der Waals surface area contributed by atoms with Gasteiger partial charge in [0.2, 0.25) is 0 Å².